The number of aliphatic hydroxyl groups excluding tert-OH is 1. The van der Waals surface area contributed by atoms with Crippen LogP contribution < -0.4 is 10.2 Å². The van der Waals surface area contributed by atoms with Crippen molar-refractivity contribution < 1.29 is 9.90 Å². The van der Waals surface area contributed by atoms with Gasteiger partial charge >= 0.3 is 0 Å². The highest BCUT2D eigenvalue weighted by Gasteiger charge is 2.25. The SMILES string of the molecule is Cn1cc(CC(=O)N2CCN(c3ccccc3C(O)Nc3ccncc3)CC2)c2ccccc21. The lowest BCUT2D eigenvalue weighted by Crippen LogP contribution is -2.49. The number of hydrogen-bond donors (Lipinski definition) is 2. The summed E-state index contributed by atoms with van der Waals surface area (Å²) in [5.74, 6) is 0.156. The van der Waals surface area contributed by atoms with Gasteiger partial charge in [-0.3, -0.25) is 9.78 Å². The molecule has 174 valence electrons. The number of fused-ring (bicyclic) bond motifs is 1. The number of hydrogen-bond acceptors (Lipinski definition) is 5. The van der Waals surface area contributed by atoms with Crippen LogP contribution in [0.15, 0.2) is 79.3 Å². The summed E-state index contributed by atoms with van der Waals surface area (Å²) in [6, 6.07) is 19.7. The fraction of sp³-hybridized carbons (Fsp3) is 0.259. The molecule has 0 bridgehead atoms. The zero-order chi connectivity index (χ0) is 23.5. The number of nitrogens with zero attached hydrogens (tertiary/aromatic N) is 4. The van der Waals surface area contributed by atoms with Gasteiger partial charge in [0, 0.05) is 79.7 Å². The van der Waals surface area contributed by atoms with Crippen LogP contribution >= 0.6 is 0 Å². The fourth-order valence-corrected chi connectivity index (χ4v) is 4.73. The van der Waals surface area contributed by atoms with Crippen molar-refractivity contribution in [2.75, 3.05) is 36.4 Å². The van der Waals surface area contributed by atoms with Gasteiger partial charge in [-0.15, -0.1) is 0 Å². The minimum atomic E-state index is -0.843. The first kappa shape index (κ1) is 22.0. The Morgan fingerprint density at radius 1 is 1.00 bits per heavy atom. The van der Waals surface area contributed by atoms with Gasteiger partial charge in [0.25, 0.3) is 0 Å². The quantitative estimate of drug-likeness (QED) is 0.435. The largest absolute Gasteiger partial charge is 0.369 e. The number of aromatic nitrogens is 2. The van der Waals surface area contributed by atoms with Crippen molar-refractivity contribution in [1.82, 2.24) is 14.5 Å². The number of pyridine rings is 1. The molecule has 1 unspecified atom stereocenters. The first-order chi connectivity index (χ1) is 16.6. The van der Waals surface area contributed by atoms with E-state index in [1.54, 1.807) is 12.4 Å². The Morgan fingerprint density at radius 2 is 1.71 bits per heavy atom. The summed E-state index contributed by atoms with van der Waals surface area (Å²) in [4.78, 5) is 21.3. The number of carbonyl (C=O) groups is 1. The van der Waals surface area contributed by atoms with Crippen LogP contribution in [0.25, 0.3) is 10.9 Å². The van der Waals surface area contributed by atoms with Crippen LogP contribution in [-0.4, -0.2) is 51.6 Å². The topological polar surface area (TPSA) is 73.6 Å². The van der Waals surface area contributed by atoms with E-state index in [0.29, 0.717) is 19.5 Å². The number of para-hydroxylation sites is 2. The minimum absolute atomic E-state index is 0.156. The van der Waals surface area contributed by atoms with E-state index >= 15 is 0 Å². The van der Waals surface area contributed by atoms with Crippen LogP contribution in [0.2, 0.25) is 0 Å². The average Bonchev–Trinajstić information content (AvgIpc) is 3.20. The van der Waals surface area contributed by atoms with E-state index in [1.165, 1.54) is 0 Å². The van der Waals surface area contributed by atoms with Gasteiger partial charge in [0.15, 0.2) is 6.23 Å². The van der Waals surface area contributed by atoms with Gasteiger partial charge in [0.2, 0.25) is 5.91 Å². The van der Waals surface area contributed by atoms with Gasteiger partial charge in [-0.2, -0.15) is 0 Å². The Kier molecular flexibility index (Phi) is 6.18. The molecule has 2 N–H and O–H groups in total. The monoisotopic (exact) mass is 455 g/mol. The van der Waals surface area contributed by atoms with E-state index in [0.717, 1.165) is 46.5 Å². The van der Waals surface area contributed by atoms with Gasteiger partial charge in [0.1, 0.15) is 0 Å². The molecule has 1 saturated heterocycles. The molecule has 1 atom stereocenters. The molecule has 1 amide bonds. The lowest BCUT2D eigenvalue weighted by Gasteiger charge is -2.37. The number of nitrogens with one attached hydrogen (secondary N) is 1. The molecule has 2 aromatic carbocycles. The number of aliphatic hydroxyl groups is 1. The highest BCUT2D eigenvalue weighted by atomic mass is 16.3. The van der Waals surface area contributed by atoms with E-state index in [-0.39, 0.29) is 5.91 Å². The normalized spacial score (nSPS) is 14.9. The minimum Gasteiger partial charge on any atom is -0.369 e. The average molecular weight is 456 g/mol. The summed E-state index contributed by atoms with van der Waals surface area (Å²) in [5, 5.41) is 15.1. The molecule has 1 aliphatic rings. The lowest BCUT2D eigenvalue weighted by atomic mass is 10.1. The van der Waals surface area contributed by atoms with Crippen LogP contribution in [0.4, 0.5) is 11.4 Å². The van der Waals surface area contributed by atoms with E-state index in [1.807, 2.05) is 60.5 Å². The Bertz CT molecular complexity index is 1280. The number of amides is 1. The molecule has 7 nitrogen and oxygen atoms in total. The standard InChI is InChI=1S/C27H29N5O2/c1-30-19-20(22-6-2-4-8-24(22)30)18-26(33)32-16-14-31(15-17-32)25-9-5-3-7-23(25)27(34)29-21-10-12-28-13-11-21/h2-13,19,27,34H,14-18H2,1H3,(H,28,29). The molecule has 5 rings (SSSR count). The molecule has 7 heteroatoms. The number of piperazine rings is 1. The van der Waals surface area contributed by atoms with Crippen LogP contribution in [0.3, 0.4) is 0 Å². The van der Waals surface area contributed by atoms with Gasteiger partial charge in [-0.05, 0) is 29.8 Å². The molecule has 0 saturated carbocycles. The molecule has 1 aliphatic heterocycles. The van der Waals surface area contributed by atoms with Crippen LogP contribution in [0, 0.1) is 0 Å². The maximum atomic E-state index is 13.1. The predicted molar refractivity (Wildman–Crippen MR) is 135 cm³/mol. The highest BCUT2D eigenvalue weighted by molar-refractivity contribution is 5.89. The summed E-state index contributed by atoms with van der Waals surface area (Å²) in [6.45, 7) is 2.76. The van der Waals surface area contributed by atoms with E-state index < -0.39 is 6.23 Å². The van der Waals surface area contributed by atoms with Gasteiger partial charge in [-0.25, -0.2) is 0 Å². The Labute approximate surface area is 199 Å². The summed E-state index contributed by atoms with van der Waals surface area (Å²) < 4.78 is 2.08. The van der Waals surface area contributed by atoms with Crippen molar-refractivity contribution >= 4 is 28.2 Å². The molecule has 3 heterocycles. The number of rotatable bonds is 6. The molecule has 4 aromatic rings. The third-order valence-corrected chi connectivity index (χ3v) is 6.51. The fourth-order valence-electron chi connectivity index (χ4n) is 4.73. The molecule has 2 aromatic heterocycles. The zero-order valence-electron chi connectivity index (χ0n) is 19.3. The van der Waals surface area contributed by atoms with Crippen LogP contribution in [-0.2, 0) is 18.3 Å². The Hall–Kier alpha value is -3.84. The first-order valence-corrected chi connectivity index (χ1v) is 11.6. The molecule has 0 aliphatic carbocycles. The maximum Gasteiger partial charge on any atom is 0.227 e. The second kappa shape index (κ2) is 9.57. The summed E-state index contributed by atoms with van der Waals surface area (Å²) in [7, 11) is 2.02. The van der Waals surface area contributed by atoms with Gasteiger partial charge < -0.3 is 24.8 Å². The summed E-state index contributed by atoms with van der Waals surface area (Å²) in [5.41, 5.74) is 4.82. The van der Waals surface area contributed by atoms with Crippen LogP contribution in [0.5, 0.6) is 0 Å². The maximum absolute atomic E-state index is 13.1. The van der Waals surface area contributed by atoms with E-state index in [4.69, 9.17) is 0 Å². The molecular weight excluding hydrogens is 426 g/mol. The summed E-state index contributed by atoms with van der Waals surface area (Å²) in [6.07, 6.45) is 5.01. The van der Waals surface area contributed by atoms with Crippen molar-refractivity contribution in [3.05, 3.63) is 90.4 Å². The lowest BCUT2D eigenvalue weighted by molar-refractivity contribution is -0.130. The van der Waals surface area contributed by atoms with Crippen molar-refractivity contribution in [3.63, 3.8) is 0 Å². The predicted octanol–water partition coefficient (Wildman–Crippen LogP) is 3.57. The third-order valence-electron chi connectivity index (χ3n) is 6.51. The number of carbonyl (C=O) groups excluding carboxylic acids is 1. The zero-order valence-corrected chi connectivity index (χ0v) is 19.3. The Morgan fingerprint density at radius 3 is 2.50 bits per heavy atom. The van der Waals surface area contributed by atoms with Gasteiger partial charge in [0.05, 0.1) is 6.42 Å². The summed E-state index contributed by atoms with van der Waals surface area (Å²) >= 11 is 0. The molecule has 1 fully saturated rings. The first-order valence-electron chi connectivity index (χ1n) is 11.6. The molecule has 34 heavy (non-hydrogen) atoms. The molecular formula is C27H29N5O2. The second-order valence-electron chi connectivity index (χ2n) is 8.67. The smallest absolute Gasteiger partial charge is 0.227 e. The number of aryl methyl sites for hydroxylation is 1. The molecule has 0 spiro atoms. The second-order valence-corrected chi connectivity index (χ2v) is 8.67. The van der Waals surface area contributed by atoms with E-state index in [9.17, 15) is 9.90 Å². The number of anilines is 2. The van der Waals surface area contributed by atoms with Crippen molar-refractivity contribution in [2.45, 2.75) is 12.6 Å². The third kappa shape index (κ3) is 4.47. The van der Waals surface area contributed by atoms with Crippen molar-refractivity contribution in [1.29, 1.82) is 0 Å². The van der Waals surface area contributed by atoms with E-state index in [2.05, 4.69) is 38.1 Å². The van der Waals surface area contributed by atoms with Crippen molar-refractivity contribution in [3.8, 4) is 0 Å². The molecule has 0 radical (unpaired) electrons. The highest BCUT2D eigenvalue weighted by Crippen LogP contribution is 2.28. The van der Waals surface area contributed by atoms with Gasteiger partial charge in [-0.1, -0.05) is 36.4 Å². The number of benzene rings is 2. The van der Waals surface area contributed by atoms with Crippen molar-refractivity contribution in [2.24, 2.45) is 7.05 Å². The Balaban J connectivity index is 1.24. The van der Waals surface area contributed by atoms with Crippen LogP contribution in [0.1, 0.15) is 17.4 Å².